The number of benzene rings is 1. The summed E-state index contributed by atoms with van der Waals surface area (Å²) in [7, 11) is 0. The Kier molecular flexibility index (Phi) is 5.91. The van der Waals surface area contributed by atoms with Gasteiger partial charge in [0.2, 0.25) is 5.95 Å². The molecule has 0 bridgehead atoms. The summed E-state index contributed by atoms with van der Waals surface area (Å²) in [6.07, 6.45) is 6.94. The van der Waals surface area contributed by atoms with Gasteiger partial charge in [-0.2, -0.15) is 0 Å². The molecule has 5 heterocycles. The van der Waals surface area contributed by atoms with Gasteiger partial charge in [-0.1, -0.05) is 30.3 Å². The van der Waals surface area contributed by atoms with Crippen LogP contribution in [0.1, 0.15) is 36.6 Å². The van der Waals surface area contributed by atoms with Crippen molar-refractivity contribution in [2.24, 2.45) is 0 Å². The van der Waals surface area contributed by atoms with Crippen LogP contribution in [0.3, 0.4) is 0 Å². The van der Waals surface area contributed by atoms with Crippen molar-refractivity contribution in [1.29, 1.82) is 0 Å². The number of nitrogens with zero attached hydrogens (tertiary/aromatic N) is 6. The maximum absolute atomic E-state index is 5.44. The molecule has 0 spiro atoms. The van der Waals surface area contributed by atoms with E-state index in [0.717, 1.165) is 74.8 Å². The lowest BCUT2D eigenvalue weighted by atomic mass is 10.1. The fourth-order valence-corrected chi connectivity index (χ4v) is 4.99. The molecule has 4 aromatic rings. The minimum absolute atomic E-state index is 0.360. The van der Waals surface area contributed by atoms with Crippen molar-refractivity contribution in [3.63, 3.8) is 0 Å². The van der Waals surface area contributed by atoms with Crippen LogP contribution in [0.4, 0.5) is 5.95 Å². The first-order chi connectivity index (χ1) is 16.8. The van der Waals surface area contributed by atoms with Crippen LogP contribution in [0.15, 0.2) is 60.9 Å². The molecule has 0 saturated carbocycles. The molecule has 2 aliphatic heterocycles. The average Bonchev–Trinajstić information content (AvgIpc) is 3.52. The van der Waals surface area contributed by atoms with Gasteiger partial charge >= 0.3 is 0 Å². The van der Waals surface area contributed by atoms with Gasteiger partial charge in [-0.25, -0.2) is 9.97 Å². The fourth-order valence-electron chi connectivity index (χ4n) is 4.99. The van der Waals surface area contributed by atoms with E-state index in [0.29, 0.717) is 17.9 Å². The van der Waals surface area contributed by atoms with Crippen LogP contribution in [-0.4, -0.2) is 61.8 Å². The Bertz CT molecular complexity index is 1250. The molecule has 6 rings (SSSR count). The largest absolute Gasteiger partial charge is 0.381 e. The Hall–Kier alpha value is -3.36. The number of hydrogen-bond acceptors (Lipinski definition) is 7. The topological polar surface area (TPSA) is 80.5 Å². The van der Waals surface area contributed by atoms with Gasteiger partial charge in [-0.15, -0.1) is 10.2 Å². The number of anilines is 1. The molecule has 0 amide bonds. The van der Waals surface area contributed by atoms with E-state index in [1.165, 1.54) is 5.56 Å². The van der Waals surface area contributed by atoms with Gasteiger partial charge in [0.1, 0.15) is 5.82 Å². The predicted octanol–water partition coefficient (Wildman–Crippen LogP) is 3.77. The van der Waals surface area contributed by atoms with Crippen molar-refractivity contribution in [3.8, 4) is 11.3 Å². The maximum atomic E-state index is 5.44. The first-order valence-corrected chi connectivity index (χ1v) is 12.1. The van der Waals surface area contributed by atoms with E-state index in [1.807, 2.05) is 12.3 Å². The molecule has 0 aliphatic carbocycles. The normalized spacial score (nSPS) is 19.6. The standard InChI is InChI=1S/C26H29N7O/c1-2-4-19(5-3-1)17-32-12-7-21(18-32)25-31-30-24-16-20(8-13-33(24)25)23-6-11-27-26(29-23)28-22-9-14-34-15-10-22/h1-6,8,11,13,16,21-22H,7,9-10,12,14-15,17-18H2,(H,27,28,29). The first kappa shape index (κ1) is 21.2. The Balaban J connectivity index is 1.17. The van der Waals surface area contributed by atoms with Crippen molar-refractivity contribution < 1.29 is 4.74 Å². The number of fused-ring (bicyclic) bond motifs is 1. The zero-order valence-electron chi connectivity index (χ0n) is 19.2. The van der Waals surface area contributed by atoms with Crippen LogP contribution >= 0.6 is 0 Å². The smallest absolute Gasteiger partial charge is 0.223 e. The minimum atomic E-state index is 0.360. The van der Waals surface area contributed by atoms with Crippen LogP contribution in [0.5, 0.6) is 0 Å². The number of rotatable bonds is 6. The Morgan fingerprint density at radius 2 is 1.88 bits per heavy atom. The van der Waals surface area contributed by atoms with E-state index >= 15 is 0 Å². The highest BCUT2D eigenvalue weighted by molar-refractivity contribution is 5.64. The van der Waals surface area contributed by atoms with Crippen molar-refractivity contribution in [2.75, 3.05) is 31.6 Å². The molecule has 1 unspecified atom stereocenters. The van der Waals surface area contributed by atoms with Crippen LogP contribution in [-0.2, 0) is 11.3 Å². The SMILES string of the molecule is c1ccc(CN2CCC(c3nnc4cc(-c5ccnc(NC6CCOCC6)n5)ccn34)C2)cc1. The highest BCUT2D eigenvalue weighted by atomic mass is 16.5. The van der Waals surface area contributed by atoms with Crippen molar-refractivity contribution in [1.82, 2.24) is 29.5 Å². The van der Waals surface area contributed by atoms with E-state index in [2.05, 4.69) is 78.5 Å². The van der Waals surface area contributed by atoms with Gasteiger partial charge in [0.15, 0.2) is 5.65 Å². The summed E-state index contributed by atoms with van der Waals surface area (Å²) >= 11 is 0. The quantitative estimate of drug-likeness (QED) is 0.474. The lowest BCUT2D eigenvalue weighted by Gasteiger charge is -2.23. The van der Waals surface area contributed by atoms with Crippen LogP contribution < -0.4 is 5.32 Å². The van der Waals surface area contributed by atoms with Gasteiger partial charge in [0.25, 0.3) is 0 Å². The highest BCUT2D eigenvalue weighted by Gasteiger charge is 2.27. The number of pyridine rings is 1. The number of ether oxygens (including phenoxy) is 1. The second-order valence-electron chi connectivity index (χ2n) is 9.20. The third kappa shape index (κ3) is 4.51. The van der Waals surface area contributed by atoms with Crippen LogP contribution in [0.2, 0.25) is 0 Å². The molecule has 8 heteroatoms. The third-order valence-corrected chi connectivity index (χ3v) is 6.83. The van der Waals surface area contributed by atoms with Crippen molar-refractivity contribution in [2.45, 2.75) is 37.8 Å². The van der Waals surface area contributed by atoms with E-state index in [-0.39, 0.29) is 0 Å². The van der Waals surface area contributed by atoms with Crippen LogP contribution in [0, 0.1) is 0 Å². The van der Waals surface area contributed by atoms with Gasteiger partial charge in [-0.05, 0) is 49.6 Å². The number of likely N-dealkylation sites (tertiary alicyclic amines) is 1. The summed E-state index contributed by atoms with van der Waals surface area (Å²) in [6.45, 7) is 4.64. The molecule has 2 aliphatic rings. The van der Waals surface area contributed by atoms with E-state index in [9.17, 15) is 0 Å². The molecule has 1 atom stereocenters. The van der Waals surface area contributed by atoms with Gasteiger partial charge in [-0.3, -0.25) is 9.30 Å². The molecular formula is C26H29N7O. The Morgan fingerprint density at radius 1 is 1.00 bits per heavy atom. The summed E-state index contributed by atoms with van der Waals surface area (Å²) < 4.78 is 7.57. The maximum Gasteiger partial charge on any atom is 0.223 e. The van der Waals surface area contributed by atoms with Crippen LogP contribution in [0.25, 0.3) is 16.9 Å². The number of hydrogen-bond donors (Lipinski definition) is 1. The molecule has 3 aromatic heterocycles. The van der Waals surface area contributed by atoms with Gasteiger partial charge in [0.05, 0.1) is 5.69 Å². The minimum Gasteiger partial charge on any atom is -0.381 e. The Morgan fingerprint density at radius 3 is 2.76 bits per heavy atom. The second-order valence-corrected chi connectivity index (χ2v) is 9.20. The first-order valence-electron chi connectivity index (χ1n) is 12.1. The summed E-state index contributed by atoms with van der Waals surface area (Å²) in [5, 5.41) is 12.5. The fraction of sp³-hybridized carbons (Fsp3) is 0.385. The zero-order chi connectivity index (χ0) is 22.7. The summed E-state index contributed by atoms with van der Waals surface area (Å²) in [5.74, 6) is 2.09. The van der Waals surface area contributed by atoms with Crippen molar-refractivity contribution >= 4 is 11.6 Å². The predicted molar refractivity (Wildman–Crippen MR) is 131 cm³/mol. The number of nitrogens with one attached hydrogen (secondary N) is 1. The summed E-state index contributed by atoms with van der Waals surface area (Å²) in [6, 6.07) is 17.1. The van der Waals surface area contributed by atoms with E-state index < -0.39 is 0 Å². The zero-order valence-corrected chi connectivity index (χ0v) is 19.2. The molecule has 174 valence electrons. The Labute approximate surface area is 199 Å². The third-order valence-electron chi connectivity index (χ3n) is 6.83. The molecule has 0 radical (unpaired) electrons. The lowest BCUT2D eigenvalue weighted by Crippen LogP contribution is -2.28. The monoisotopic (exact) mass is 455 g/mol. The second kappa shape index (κ2) is 9.48. The molecular weight excluding hydrogens is 426 g/mol. The average molecular weight is 456 g/mol. The van der Waals surface area contributed by atoms with E-state index in [1.54, 1.807) is 0 Å². The molecule has 1 N–H and O–H groups in total. The van der Waals surface area contributed by atoms with Gasteiger partial charge in [0, 0.05) is 56.2 Å². The lowest BCUT2D eigenvalue weighted by molar-refractivity contribution is 0.0903. The molecule has 1 aromatic carbocycles. The van der Waals surface area contributed by atoms with Gasteiger partial charge < -0.3 is 10.1 Å². The van der Waals surface area contributed by atoms with Crippen molar-refractivity contribution in [3.05, 3.63) is 72.3 Å². The summed E-state index contributed by atoms with van der Waals surface area (Å²) in [4.78, 5) is 11.7. The molecule has 34 heavy (non-hydrogen) atoms. The molecule has 8 nitrogen and oxygen atoms in total. The van der Waals surface area contributed by atoms with E-state index in [4.69, 9.17) is 9.72 Å². The summed E-state index contributed by atoms with van der Waals surface area (Å²) in [5.41, 5.74) is 4.11. The highest BCUT2D eigenvalue weighted by Crippen LogP contribution is 2.28. The molecule has 2 saturated heterocycles. The molecule has 2 fully saturated rings. The number of aromatic nitrogens is 5.